The normalized spacial score (nSPS) is 92.0. The number of nitrogens with zero attached hydrogens (tertiary/aromatic N) is 1. The lowest BCUT2D eigenvalue weighted by molar-refractivity contribution is -0.894. The van der Waals surface area contributed by atoms with Gasteiger partial charge in [-0.2, -0.15) is 0 Å². The van der Waals surface area contributed by atoms with Crippen molar-refractivity contribution in [2.24, 2.45) is 0 Å². The Morgan fingerprint density at radius 3 is 2.38 bits per heavy atom. The van der Waals surface area contributed by atoms with Crippen LogP contribution in [0.1, 0.15) is 41.1 Å². The predicted molar refractivity (Wildman–Crippen MR) is 35.7 cm³/mol. The molecule has 0 aromatic heterocycles. The summed E-state index contributed by atoms with van der Waals surface area (Å²) in [5, 5.41) is 0. The molecule has 1 rings (SSSR count). The summed E-state index contributed by atoms with van der Waals surface area (Å²) in [5.41, 5.74) is 0. The zero-order valence-corrected chi connectivity index (χ0v) is 3.95. The van der Waals surface area contributed by atoms with Gasteiger partial charge in [-0.1, -0.05) is 0 Å². The van der Waals surface area contributed by atoms with Gasteiger partial charge in [0.25, 0.3) is 0 Å². The van der Waals surface area contributed by atoms with E-state index in [1.54, 1.807) is 0 Å². The fraction of sp³-hybridized carbons (Fsp3) is 1.00. The molecule has 0 saturated carbocycles. The first-order chi connectivity index (χ1) is 10.0. The summed E-state index contributed by atoms with van der Waals surface area (Å²) < 4.78 is 119. The Balaban J connectivity index is 4.23. The minimum Gasteiger partial charge on any atom is -0.328 e. The average Bonchev–Trinajstić information content (AvgIpc) is 2.21. The van der Waals surface area contributed by atoms with Crippen LogP contribution in [0.5, 0.6) is 0 Å². The van der Waals surface area contributed by atoms with Crippen LogP contribution in [0.4, 0.5) is 0 Å². The van der Waals surface area contributed by atoms with Crippen LogP contribution in [0.15, 0.2) is 0 Å². The highest BCUT2D eigenvalue weighted by Crippen LogP contribution is 2.11. The number of likely N-dealkylation sites (tertiary alicyclic amines) is 1. The van der Waals surface area contributed by atoms with Crippen LogP contribution >= 0.6 is 0 Å². The molecule has 8 heavy (non-hydrogen) atoms. The molecule has 0 aliphatic carbocycles. The van der Waals surface area contributed by atoms with E-state index in [1.165, 1.54) is 0 Å². The van der Waals surface area contributed by atoms with E-state index in [0.29, 0.717) is 0 Å². The van der Waals surface area contributed by atoms with Gasteiger partial charge >= 0.3 is 0 Å². The quantitative estimate of drug-likeness (QED) is 0.433. The molecule has 0 atom stereocenters. The minimum absolute atomic E-state index is 3.22. The molecule has 0 aromatic rings. The molecule has 1 heteroatoms. The highest BCUT2D eigenvalue weighted by atomic mass is 15.3. The highest BCUT2D eigenvalue weighted by molar-refractivity contribution is 4.47. The van der Waals surface area contributed by atoms with Crippen molar-refractivity contribution in [1.82, 2.24) is 0 Å². The lowest BCUT2D eigenvalue weighted by Crippen LogP contribution is -2.43. The van der Waals surface area contributed by atoms with Crippen molar-refractivity contribution in [3.63, 3.8) is 0 Å². The lowest BCUT2D eigenvalue weighted by Gasteiger charge is -2.33. The topological polar surface area (TPSA) is 0 Å². The molecular formula is C7H16N+. The van der Waals surface area contributed by atoms with Crippen LogP contribution in [-0.2, 0) is 0 Å². The number of piperidine rings is 1. The van der Waals surface area contributed by atoms with Gasteiger partial charge in [0.2, 0.25) is 0 Å². The highest BCUT2D eigenvalue weighted by Gasteiger charge is 2.17. The second-order valence-corrected chi connectivity index (χ2v) is 1.27. The SMILES string of the molecule is [2H]C1([2H])C([2H])([2H])C([2H])([2H])[N+](C([2H])([2H])[2H])(C([2H])([2H])[2H])C([2H])([2H])C1([2H])[2H]. The first-order valence-corrected chi connectivity index (χ1v) is 1.89. The fourth-order valence-corrected chi connectivity index (χ4v) is 0.283. The Bertz CT molecular complexity index is 476. The maximum atomic E-state index is 7.83. The average molecular weight is 130 g/mol. The molecule has 0 N–H and O–H groups in total. The van der Waals surface area contributed by atoms with Crippen molar-refractivity contribution in [3.05, 3.63) is 0 Å². The van der Waals surface area contributed by atoms with Gasteiger partial charge in [0, 0.05) is 8.22 Å². The van der Waals surface area contributed by atoms with Crippen molar-refractivity contribution in [2.45, 2.75) is 19.1 Å². The molecule has 0 amide bonds. The summed E-state index contributed by atoms with van der Waals surface area (Å²) in [4.78, 5) is 0. The molecule has 0 bridgehead atoms. The van der Waals surface area contributed by atoms with Crippen molar-refractivity contribution in [1.29, 1.82) is 0 Å². The van der Waals surface area contributed by atoms with E-state index in [2.05, 4.69) is 0 Å². The Morgan fingerprint density at radius 1 is 1.25 bits per heavy atom. The van der Waals surface area contributed by atoms with E-state index >= 15 is 0 Å². The largest absolute Gasteiger partial charge is 0.328 e. The van der Waals surface area contributed by atoms with E-state index in [-0.39, 0.29) is 0 Å². The zero-order chi connectivity index (χ0) is 20.0. The van der Waals surface area contributed by atoms with E-state index in [9.17, 15) is 0 Å². The Labute approximate surface area is 74.4 Å². The van der Waals surface area contributed by atoms with Gasteiger partial charge in [0.05, 0.1) is 40.7 Å². The Hall–Kier alpha value is -0.0400. The van der Waals surface area contributed by atoms with Gasteiger partial charge in [-0.25, -0.2) is 0 Å². The summed E-state index contributed by atoms with van der Waals surface area (Å²) in [6, 6.07) is 0. The molecule has 1 saturated heterocycles. The zero-order valence-electron chi connectivity index (χ0n) is 19.9. The van der Waals surface area contributed by atoms with Gasteiger partial charge in [-0.05, 0) is 19.1 Å². The third-order valence-corrected chi connectivity index (χ3v) is 0.572. The Kier molecular flexibility index (Phi) is 0.173. The smallest absolute Gasteiger partial charge is 0.0924 e. The number of hydrogen-bond donors (Lipinski definition) is 0. The molecule has 0 radical (unpaired) electrons. The fourth-order valence-electron chi connectivity index (χ4n) is 0.283. The second-order valence-electron chi connectivity index (χ2n) is 1.27. The standard InChI is InChI=1S/C7H16N/c1-8(2)6-4-3-5-7-8/h3-7H2,1-2H3/q+1/i1D3,2D3,3D2,4D2,5D2,6D2,7D2. The summed E-state index contributed by atoms with van der Waals surface area (Å²) in [5.74, 6) is 0. The van der Waals surface area contributed by atoms with Gasteiger partial charge < -0.3 is 4.48 Å². The number of rotatable bonds is 0. The maximum absolute atomic E-state index is 7.83. The van der Waals surface area contributed by atoms with E-state index in [4.69, 9.17) is 21.9 Å². The van der Waals surface area contributed by atoms with Crippen molar-refractivity contribution in [3.8, 4) is 0 Å². The molecule has 1 nitrogen and oxygen atoms in total. The number of hydrogen-bond acceptors (Lipinski definition) is 0. The molecule has 0 spiro atoms. The molecule has 48 valence electrons. The molecular weight excluding hydrogens is 98.1 g/mol. The second kappa shape index (κ2) is 2.06. The van der Waals surface area contributed by atoms with Crippen LogP contribution < -0.4 is 0 Å². The third kappa shape index (κ3) is 1.48. The van der Waals surface area contributed by atoms with Crippen LogP contribution in [-0.4, -0.2) is 31.4 Å². The van der Waals surface area contributed by atoms with Gasteiger partial charge in [-0.3, -0.25) is 0 Å². The molecule has 0 aromatic carbocycles. The number of quaternary nitrogens is 1. The maximum Gasteiger partial charge on any atom is 0.0924 e. The van der Waals surface area contributed by atoms with E-state index in [0.717, 1.165) is 0 Å². The summed E-state index contributed by atoms with van der Waals surface area (Å²) in [6.07, 6.45) is -11.8. The molecule has 1 fully saturated rings. The van der Waals surface area contributed by atoms with Crippen LogP contribution in [0.3, 0.4) is 0 Å². The summed E-state index contributed by atoms with van der Waals surface area (Å²) in [6.45, 7) is -16.5. The van der Waals surface area contributed by atoms with Crippen molar-refractivity contribution < 1.29 is 26.4 Å². The van der Waals surface area contributed by atoms with Crippen LogP contribution in [0, 0.1) is 0 Å². The summed E-state index contributed by atoms with van der Waals surface area (Å²) in [7, 11) is 0. The van der Waals surface area contributed by atoms with Crippen molar-refractivity contribution in [2.75, 3.05) is 26.9 Å². The van der Waals surface area contributed by atoms with Crippen molar-refractivity contribution >= 4 is 0 Å². The van der Waals surface area contributed by atoms with Gasteiger partial charge in [0.15, 0.2) is 0 Å². The van der Waals surface area contributed by atoms with E-state index < -0.39 is 50.5 Å². The monoisotopic (exact) mass is 130 g/mol. The predicted octanol–water partition coefficient (Wildman–Crippen LogP) is 1.25. The summed E-state index contributed by atoms with van der Waals surface area (Å²) >= 11 is 0. The van der Waals surface area contributed by atoms with Gasteiger partial charge in [-0.15, -0.1) is 0 Å². The Morgan fingerprint density at radius 2 is 1.88 bits per heavy atom. The van der Waals surface area contributed by atoms with Gasteiger partial charge in [0.1, 0.15) is 0 Å². The molecule has 1 aliphatic heterocycles. The first-order valence-electron chi connectivity index (χ1n) is 9.89. The van der Waals surface area contributed by atoms with Crippen LogP contribution in [0.25, 0.3) is 0 Å². The third-order valence-electron chi connectivity index (χ3n) is 0.572. The lowest BCUT2D eigenvalue weighted by atomic mass is 10.1. The molecule has 1 heterocycles. The minimum atomic E-state index is -4.16. The van der Waals surface area contributed by atoms with E-state index in [1.807, 2.05) is 0 Å². The van der Waals surface area contributed by atoms with Crippen LogP contribution in [0.2, 0.25) is 0 Å². The first kappa shape index (κ1) is 0.672. The molecule has 0 unspecified atom stereocenters. The molecule has 1 aliphatic rings.